The van der Waals surface area contributed by atoms with Crippen molar-refractivity contribution in [1.29, 1.82) is 0 Å². The highest BCUT2D eigenvalue weighted by atomic mass is 19.1. The number of pyridine rings is 1. The van der Waals surface area contributed by atoms with E-state index in [1.807, 2.05) is 26.8 Å². The van der Waals surface area contributed by atoms with Crippen molar-refractivity contribution in [1.82, 2.24) is 15.0 Å². The van der Waals surface area contributed by atoms with Gasteiger partial charge in [-0.25, -0.2) is 14.2 Å². The molecule has 184 valence electrons. The molecular weight excluding hydrogens is 453 g/mol. The number of hydrogen-bond acceptors (Lipinski definition) is 7. The zero-order chi connectivity index (χ0) is 25.2. The van der Waals surface area contributed by atoms with Crippen molar-refractivity contribution in [2.24, 2.45) is 0 Å². The summed E-state index contributed by atoms with van der Waals surface area (Å²) < 4.78 is 23.9. The van der Waals surface area contributed by atoms with Crippen molar-refractivity contribution in [3.05, 3.63) is 59.7 Å². The zero-order valence-electron chi connectivity index (χ0n) is 20.2. The Morgan fingerprint density at radius 3 is 2.34 bits per heavy atom. The minimum absolute atomic E-state index is 0.265. The summed E-state index contributed by atoms with van der Waals surface area (Å²) in [6.45, 7) is 9.57. The lowest BCUT2D eigenvalue weighted by Gasteiger charge is -2.36. The lowest BCUT2D eigenvalue weighted by molar-refractivity contribution is 0.0240. The zero-order valence-corrected chi connectivity index (χ0v) is 20.2. The van der Waals surface area contributed by atoms with Gasteiger partial charge in [-0.2, -0.15) is 0 Å². The van der Waals surface area contributed by atoms with Crippen LogP contribution in [-0.2, 0) is 4.74 Å². The molecule has 1 aromatic carbocycles. The van der Waals surface area contributed by atoms with E-state index in [2.05, 4.69) is 20.4 Å². The molecule has 2 amide bonds. The highest BCUT2D eigenvalue weighted by molar-refractivity contribution is 6.08. The molecule has 0 aliphatic carbocycles. The summed E-state index contributed by atoms with van der Waals surface area (Å²) in [4.78, 5) is 33.4. The van der Waals surface area contributed by atoms with Gasteiger partial charge in [0, 0.05) is 31.7 Å². The molecule has 1 aliphatic heterocycles. The van der Waals surface area contributed by atoms with E-state index >= 15 is 0 Å². The van der Waals surface area contributed by atoms with Crippen LogP contribution in [0.5, 0.6) is 0 Å². The fraction of sp³-hybridized carbons (Fsp3) is 0.360. The molecule has 0 bridgehead atoms. The Labute approximate surface area is 202 Å². The molecule has 0 spiro atoms. The van der Waals surface area contributed by atoms with Crippen molar-refractivity contribution in [3.63, 3.8) is 0 Å². The highest BCUT2D eigenvalue weighted by Crippen LogP contribution is 2.26. The molecule has 2 aromatic heterocycles. The topological polar surface area (TPSA) is 101 Å². The van der Waals surface area contributed by atoms with Crippen molar-refractivity contribution >= 4 is 23.5 Å². The van der Waals surface area contributed by atoms with Crippen LogP contribution in [0.3, 0.4) is 0 Å². The van der Waals surface area contributed by atoms with Crippen LogP contribution in [0, 0.1) is 12.7 Å². The molecule has 35 heavy (non-hydrogen) atoms. The van der Waals surface area contributed by atoms with Gasteiger partial charge >= 0.3 is 6.09 Å². The second-order valence-electron chi connectivity index (χ2n) is 9.28. The van der Waals surface area contributed by atoms with Crippen molar-refractivity contribution < 1.29 is 23.2 Å². The first kappa shape index (κ1) is 24.2. The monoisotopic (exact) mass is 481 g/mol. The Kier molecular flexibility index (Phi) is 6.72. The third-order valence-corrected chi connectivity index (χ3v) is 5.49. The Bertz CT molecular complexity index is 1190. The third kappa shape index (κ3) is 5.76. The summed E-state index contributed by atoms with van der Waals surface area (Å²) in [5, 5.41) is 6.74. The fourth-order valence-electron chi connectivity index (χ4n) is 3.74. The summed E-state index contributed by atoms with van der Waals surface area (Å²) in [7, 11) is 0. The van der Waals surface area contributed by atoms with E-state index < -0.39 is 11.5 Å². The van der Waals surface area contributed by atoms with Crippen LogP contribution >= 0.6 is 0 Å². The molecule has 4 rings (SSSR count). The molecular formula is C25H28FN5O4. The van der Waals surface area contributed by atoms with Crippen molar-refractivity contribution in [2.75, 3.05) is 36.4 Å². The average molecular weight is 482 g/mol. The van der Waals surface area contributed by atoms with Gasteiger partial charge in [0.05, 0.1) is 11.9 Å². The minimum Gasteiger partial charge on any atom is -0.444 e. The van der Waals surface area contributed by atoms with Crippen LogP contribution in [0.25, 0.3) is 11.3 Å². The predicted octanol–water partition coefficient (Wildman–Crippen LogP) is 4.49. The van der Waals surface area contributed by atoms with E-state index in [0.29, 0.717) is 49.0 Å². The molecule has 0 saturated carbocycles. The van der Waals surface area contributed by atoms with E-state index in [0.717, 1.165) is 5.69 Å². The molecule has 9 nitrogen and oxygen atoms in total. The van der Waals surface area contributed by atoms with E-state index in [9.17, 15) is 14.0 Å². The molecule has 1 aliphatic rings. The molecule has 3 heterocycles. The quantitative estimate of drug-likeness (QED) is 0.586. The predicted molar refractivity (Wildman–Crippen MR) is 129 cm³/mol. The Hall–Kier alpha value is -3.95. The van der Waals surface area contributed by atoms with E-state index in [1.165, 1.54) is 12.1 Å². The van der Waals surface area contributed by atoms with Gasteiger partial charge in [0.1, 0.15) is 34.3 Å². The van der Waals surface area contributed by atoms with Gasteiger partial charge in [-0.05, 0) is 64.1 Å². The smallest absolute Gasteiger partial charge is 0.410 e. The third-order valence-electron chi connectivity index (χ3n) is 5.49. The van der Waals surface area contributed by atoms with E-state index in [-0.39, 0.29) is 17.5 Å². The maximum Gasteiger partial charge on any atom is 0.410 e. The fourth-order valence-corrected chi connectivity index (χ4v) is 3.74. The number of amides is 2. The van der Waals surface area contributed by atoms with Gasteiger partial charge in [-0.1, -0.05) is 5.16 Å². The number of piperazine rings is 1. The molecule has 10 heteroatoms. The lowest BCUT2D eigenvalue weighted by atomic mass is 10.1. The summed E-state index contributed by atoms with van der Waals surface area (Å²) in [5.74, 6) is -0.0806. The van der Waals surface area contributed by atoms with Crippen LogP contribution in [0.15, 0.2) is 47.1 Å². The number of benzene rings is 1. The second-order valence-corrected chi connectivity index (χ2v) is 9.28. The standard InChI is InChI=1S/C25H28FN5O4/c1-16-21(22(29-35-16)17-5-7-18(26)8-6-17)23(32)28-20-10-9-19(15-27-20)30-11-13-31(14-12-30)24(33)34-25(2,3)4/h5-10,15H,11-14H2,1-4H3,(H,27,28,32). The number of rotatable bonds is 4. The average Bonchev–Trinajstić information content (AvgIpc) is 3.20. The summed E-state index contributed by atoms with van der Waals surface area (Å²) in [6.07, 6.45) is 1.37. The van der Waals surface area contributed by atoms with Gasteiger partial charge in [-0.15, -0.1) is 0 Å². The first-order valence-electron chi connectivity index (χ1n) is 11.3. The first-order chi connectivity index (χ1) is 16.6. The normalized spacial score (nSPS) is 14.1. The second kappa shape index (κ2) is 9.73. The van der Waals surface area contributed by atoms with Crippen LogP contribution in [-0.4, -0.2) is 58.8 Å². The number of aryl methyl sites for hydroxylation is 1. The van der Waals surface area contributed by atoms with Gasteiger partial charge in [0.2, 0.25) is 0 Å². The van der Waals surface area contributed by atoms with Gasteiger partial charge in [-0.3, -0.25) is 4.79 Å². The van der Waals surface area contributed by atoms with Crippen molar-refractivity contribution in [2.45, 2.75) is 33.3 Å². The summed E-state index contributed by atoms with van der Waals surface area (Å²) in [6, 6.07) is 9.27. The van der Waals surface area contributed by atoms with E-state index in [4.69, 9.17) is 9.26 Å². The molecule has 3 aromatic rings. The van der Waals surface area contributed by atoms with Gasteiger partial charge < -0.3 is 24.4 Å². The van der Waals surface area contributed by atoms with Crippen LogP contribution < -0.4 is 10.2 Å². The van der Waals surface area contributed by atoms with Crippen LogP contribution in [0.1, 0.15) is 36.9 Å². The Balaban J connectivity index is 1.38. The van der Waals surface area contributed by atoms with Crippen molar-refractivity contribution in [3.8, 4) is 11.3 Å². The summed E-state index contributed by atoms with van der Waals surface area (Å²) in [5.41, 5.74) is 1.53. The maximum absolute atomic E-state index is 13.3. The Morgan fingerprint density at radius 2 is 1.74 bits per heavy atom. The lowest BCUT2D eigenvalue weighted by Crippen LogP contribution is -2.50. The van der Waals surface area contributed by atoms with E-state index in [1.54, 1.807) is 36.2 Å². The number of carbonyl (C=O) groups excluding carboxylic acids is 2. The first-order valence-corrected chi connectivity index (χ1v) is 11.3. The molecule has 0 unspecified atom stereocenters. The molecule has 0 atom stereocenters. The number of hydrogen-bond donors (Lipinski definition) is 1. The molecule has 1 N–H and O–H groups in total. The van der Waals surface area contributed by atoms with Gasteiger partial charge in [0.25, 0.3) is 5.91 Å². The maximum atomic E-state index is 13.3. The number of halogens is 1. The number of nitrogens with one attached hydrogen (secondary N) is 1. The number of nitrogens with zero attached hydrogens (tertiary/aromatic N) is 4. The van der Waals surface area contributed by atoms with Gasteiger partial charge in [0.15, 0.2) is 0 Å². The number of carbonyl (C=O) groups is 2. The highest BCUT2D eigenvalue weighted by Gasteiger charge is 2.26. The number of anilines is 2. The number of ether oxygens (including phenoxy) is 1. The number of aromatic nitrogens is 2. The summed E-state index contributed by atoms with van der Waals surface area (Å²) >= 11 is 0. The molecule has 0 radical (unpaired) electrons. The molecule has 1 fully saturated rings. The van der Waals surface area contributed by atoms with Crippen LogP contribution in [0.4, 0.5) is 20.7 Å². The Morgan fingerprint density at radius 1 is 1.06 bits per heavy atom. The molecule has 1 saturated heterocycles. The SMILES string of the molecule is Cc1onc(-c2ccc(F)cc2)c1C(=O)Nc1ccc(N2CCN(C(=O)OC(C)(C)C)CC2)cn1. The minimum atomic E-state index is -0.525. The largest absolute Gasteiger partial charge is 0.444 e. The van der Waals surface area contributed by atoms with Crippen LogP contribution in [0.2, 0.25) is 0 Å².